The number of carbonyl (C=O) groups is 2. The van der Waals surface area contributed by atoms with Crippen LogP contribution in [0.25, 0.3) is 0 Å². The molecule has 0 unspecified atom stereocenters. The molecule has 28 heavy (non-hydrogen) atoms. The van der Waals surface area contributed by atoms with Gasteiger partial charge >= 0.3 is 6.03 Å². The van der Waals surface area contributed by atoms with Crippen molar-refractivity contribution in [2.45, 2.75) is 37.9 Å². The lowest BCUT2D eigenvalue weighted by molar-refractivity contribution is -0.132. The van der Waals surface area contributed by atoms with Crippen molar-refractivity contribution in [2.24, 2.45) is 10.2 Å². The first-order valence-corrected chi connectivity index (χ1v) is 9.72. The fraction of sp³-hybridized carbons (Fsp3) is 0.524. The van der Waals surface area contributed by atoms with E-state index in [9.17, 15) is 9.59 Å². The van der Waals surface area contributed by atoms with Crippen molar-refractivity contribution >= 4 is 11.9 Å². The molecule has 2 aliphatic heterocycles. The number of piperazine rings is 1. The molecule has 3 amide bonds. The number of benzene rings is 1. The maximum atomic E-state index is 12.7. The number of hydrogen-bond donors (Lipinski definition) is 0. The van der Waals surface area contributed by atoms with Gasteiger partial charge in [0.2, 0.25) is 5.91 Å². The Morgan fingerprint density at radius 2 is 1.75 bits per heavy atom. The second-order valence-corrected chi connectivity index (χ2v) is 7.38. The molecule has 2 heterocycles. The van der Waals surface area contributed by atoms with E-state index in [0.717, 1.165) is 5.56 Å². The lowest BCUT2D eigenvalue weighted by atomic mass is 10.0. The predicted molar refractivity (Wildman–Crippen MR) is 106 cm³/mol. The summed E-state index contributed by atoms with van der Waals surface area (Å²) in [7, 11) is 1.81. The van der Waals surface area contributed by atoms with Gasteiger partial charge in [-0.3, -0.25) is 4.79 Å². The largest absolute Gasteiger partial charge is 0.339 e. The number of urea groups is 1. The van der Waals surface area contributed by atoms with Crippen LogP contribution >= 0.6 is 0 Å². The Labute approximate surface area is 166 Å². The van der Waals surface area contributed by atoms with Gasteiger partial charge in [0.05, 0.1) is 0 Å². The van der Waals surface area contributed by atoms with Gasteiger partial charge < -0.3 is 14.7 Å². The molecule has 0 bridgehead atoms. The normalized spacial score (nSPS) is 17.1. The average Bonchev–Trinajstić information content (AvgIpc) is 3.51. The summed E-state index contributed by atoms with van der Waals surface area (Å²) >= 11 is 0. The minimum absolute atomic E-state index is 0.000213. The smallest absolute Gasteiger partial charge is 0.320 e. The summed E-state index contributed by atoms with van der Waals surface area (Å²) in [4.78, 5) is 30.5. The molecule has 7 heteroatoms. The molecule has 1 aromatic carbocycles. The maximum Gasteiger partial charge on any atom is 0.320 e. The molecule has 0 saturated carbocycles. The van der Waals surface area contributed by atoms with E-state index in [0.29, 0.717) is 58.4 Å². The standard InChI is InChI=1S/C21H27N5O2/c1-3-4-11-21(22-23-21)12-10-19(27)25-13-15-26(16-14-25)20(28)24(2)17-18-8-6-5-7-9-18/h1,5-9H,4,10-17H2,2H3. The fourth-order valence-electron chi connectivity index (χ4n) is 3.45. The molecule has 7 nitrogen and oxygen atoms in total. The van der Waals surface area contributed by atoms with Crippen molar-refractivity contribution in [1.29, 1.82) is 0 Å². The summed E-state index contributed by atoms with van der Waals surface area (Å²) in [5, 5.41) is 8.16. The van der Waals surface area contributed by atoms with Crippen LogP contribution in [0.4, 0.5) is 4.79 Å². The number of hydrogen-bond acceptors (Lipinski definition) is 4. The molecule has 0 N–H and O–H groups in total. The third-order valence-corrected chi connectivity index (χ3v) is 5.28. The van der Waals surface area contributed by atoms with Crippen LogP contribution in [0, 0.1) is 12.3 Å². The molecule has 0 radical (unpaired) electrons. The Balaban J connectivity index is 1.40. The summed E-state index contributed by atoms with van der Waals surface area (Å²) in [6.07, 6.45) is 7.67. The first-order chi connectivity index (χ1) is 13.5. The van der Waals surface area contributed by atoms with Crippen LogP contribution in [0.15, 0.2) is 40.6 Å². The second kappa shape index (κ2) is 8.87. The molecular formula is C21H27N5O2. The Bertz CT molecular complexity index is 757. The molecular weight excluding hydrogens is 354 g/mol. The first-order valence-electron chi connectivity index (χ1n) is 9.72. The molecule has 2 aliphatic rings. The summed E-state index contributed by atoms with van der Waals surface area (Å²) in [6.45, 7) is 2.82. The highest BCUT2D eigenvalue weighted by atomic mass is 16.2. The van der Waals surface area contributed by atoms with Gasteiger partial charge in [-0.05, 0) is 5.56 Å². The van der Waals surface area contributed by atoms with Gasteiger partial charge in [0.15, 0.2) is 5.66 Å². The van der Waals surface area contributed by atoms with Crippen molar-refractivity contribution in [3.63, 3.8) is 0 Å². The van der Waals surface area contributed by atoms with Crippen LogP contribution < -0.4 is 0 Å². The second-order valence-electron chi connectivity index (χ2n) is 7.38. The van der Waals surface area contributed by atoms with Crippen molar-refractivity contribution in [2.75, 3.05) is 33.2 Å². The highest BCUT2D eigenvalue weighted by molar-refractivity contribution is 5.77. The van der Waals surface area contributed by atoms with Gasteiger partial charge in [-0.1, -0.05) is 30.3 Å². The van der Waals surface area contributed by atoms with E-state index in [4.69, 9.17) is 6.42 Å². The minimum Gasteiger partial charge on any atom is -0.339 e. The zero-order valence-corrected chi connectivity index (χ0v) is 16.4. The van der Waals surface area contributed by atoms with E-state index in [1.54, 1.807) is 4.90 Å². The topological polar surface area (TPSA) is 68.6 Å². The van der Waals surface area contributed by atoms with Gasteiger partial charge in [0.25, 0.3) is 0 Å². The first kappa shape index (κ1) is 19.9. The quantitative estimate of drug-likeness (QED) is 0.682. The predicted octanol–water partition coefficient (Wildman–Crippen LogP) is 2.74. The lowest BCUT2D eigenvalue weighted by Crippen LogP contribution is -2.53. The Morgan fingerprint density at radius 1 is 1.11 bits per heavy atom. The van der Waals surface area contributed by atoms with Crippen molar-refractivity contribution in [3.05, 3.63) is 35.9 Å². The van der Waals surface area contributed by atoms with Gasteiger partial charge in [0.1, 0.15) is 0 Å². The average molecular weight is 381 g/mol. The number of amides is 3. The van der Waals surface area contributed by atoms with Crippen LogP contribution in [0.5, 0.6) is 0 Å². The van der Waals surface area contributed by atoms with Crippen molar-refractivity contribution < 1.29 is 9.59 Å². The maximum absolute atomic E-state index is 12.7. The molecule has 148 valence electrons. The number of carbonyl (C=O) groups excluding carboxylic acids is 2. The zero-order valence-electron chi connectivity index (χ0n) is 16.4. The van der Waals surface area contributed by atoms with E-state index in [1.165, 1.54) is 0 Å². The lowest BCUT2D eigenvalue weighted by Gasteiger charge is -2.36. The summed E-state index contributed by atoms with van der Waals surface area (Å²) in [6, 6.07) is 9.92. The van der Waals surface area contributed by atoms with Crippen LogP contribution in [0.3, 0.4) is 0 Å². The van der Waals surface area contributed by atoms with E-state index < -0.39 is 5.66 Å². The summed E-state index contributed by atoms with van der Waals surface area (Å²) < 4.78 is 0. The summed E-state index contributed by atoms with van der Waals surface area (Å²) in [5.41, 5.74) is 0.682. The van der Waals surface area contributed by atoms with Crippen LogP contribution in [0.1, 0.15) is 31.2 Å². The van der Waals surface area contributed by atoms with Crippen LogP contribution in [0.2, 0.25) is 0 Å². The molecule has 1 fully saturated rings. The van der Waals surface area contributed by atoms with Crippen molar-refractivity contribution in [1.82, 2.24) is 14.7 Å². The third-order valence-electron chi connectivity index (χ3n) is 5.28. The van der Waals surface area contributed by atoms with E-state index >= 15 is 0 Å². The highest BCUT2D eigenvalue weighted by Crippen LogP contribution is 2.37. The molecule has 3 rings (SSSR count). The SMILES string of the molecule is C#CCCC1(CCC(=O)N2CCN(C(=O)N(C)Cc3ccccc3)CC2)N=N1. The van der Waals surface area contributed by atoms with Crippen LogP contribution in [-0.4, -0.2) is 65.5 Å². The van der Waals surface area contributed by atoms with Gasteiger partial charge in [-0.25, -0.2) is 4.79 Å². The molecule has 0 aromatic heterocycles. The molecule has 1 saturated heterocycles. The van der Waals surface area contributed by atoms with E-state index in [1.807, 2.05) is 47.2 Å². The minimum atomic E-state index is -0.417. The highest BCUT2D eigenvalue weighted by Gasteiger charge is 2.39. The van der Waals surface area contributed by atoms with Gasteiger partial charge in [0, 0.05) is 65.5 Å². The Hall–Kier alpha value is -2.88. The van der Waals surface area contributed by atoms with E-state index in [-0.39, 0.29) is 11.9 Å². The molecule has 0 spiro atoms. The number of terminal acetylenes is 1. The monoisotopic (exact) mass is 381 g/mol. The number of rotatable bonds is 7. The zero-order chi connectivity index (χ0) is 20.0. The Kier molecular flexibility index (Phi) is 6.30. The Morgan fingerprint density at radius 3 is 2.36 bits per heavy atom. The van der Waals surface area contributed by atoms with Crippen LogP contribution in [-0.2, 0) is 11.3 Å². The molecule has 1 aromatic rings. The van der Waals surface area contributed by atoms with Gasteiger partial charge in [-0.15, -0.1) is 12.3 Å². The molecule has 0 aliphatic carbocycles. The molecule has 0 atom stereocenters. The van der Waals surface area contributed by atoms with E-state index in [2.05, 4.69) is 16.1 Å². The number of nitrogens with zero attached hydrogens (tertiary/aromatic N) is 5. The third kappa shape index (κ3) is 5.10. The summed E-state index contributed by atoms with van der Waals surface area (Å²) in [5.74, 6) is 2.70. The van der Waals surface area contributed by atoms with Gasteiger partial charge in [-0.2, -0.15) is 10.2 Å². The van der Waals surface area contributed by atoms with Crippen molar-refractivity contribution in [3.8, 4) is 12.3 Å². The fourth-order valence-corrected chi connectivity index (χ4v) is 3.45.